The fourth-order valence-corrected chi connectivity index (χ4v) is 4.87. The molecule has 1 aliphatic carbocycles. The van der Waals surface area contributed by atoms with E-state index in [1.54, 1.807) is 11.3 Å². The number of ether oxygens (including phenoxy) is 1. The molecule has 0 radical (unpaired) electrons. The van der Waals surface area contributed by atoms with Gasteiger partial charge in [-0.3, -0.25) is 4.79 Å². The van der Waals surface area contributed by atoms with Gasteiger partial charge in [-0.05, 0) is 23.6 Å². The number of nitrogens with one attached hydrogen (secondary N) is 1. The second kappa shape index (κ2) is 5.61. The van der Waals surface area contributed by atoms with Crippen LogP contribution in [0.1, 0.15) is 23.2 Å². The first-order chi connectivity index (χ1) is 12.6. The van der Waals surface area contributed by atoms with Gasteiger partial charge in [-0.15, -0.1) is 11.3 Å². The SMILES string of the molecule is O=C(NC12COC(CO)(C1)C2)c1cc(-c2cccs2)nc2ccccc12. The van der Waals surface area contributed by atoms with Crippen LogP contribution in [0.5, 0.6) is 0 Å². The number of aliphatic hydroxyl groups excluding tert-OH is 1. The molecule has 4 heterocycles. The van der Waals surface area contributed by atoms with Crippen molar-refractivity contribution in [1.29, 1.82) is 0 Å². The van der Waals surface area contributed by atoms with Gasteiger partial charge in [0.05, 0.1) is 46.0 Å². The largest absolute Gasteiger partial charge is 0.393 e. The molecule has 3 fully saturated rings. The lowest BCUT2D eigenvalue weighted by Crippen LogP contribution is -2.60. The van der Waals surface area contributed by atoms with Crippen LogP contribution in [-0.2, 0) is 4.74 Å². The Balaban J connectivity index is 1.53. The first-order valence-electron chi connectivity index (χ1n) is 8.63. The van der Waals surface area contributed by atoms with Gasteiger partial charge >= 0.3 is 0 Å². The van der Waals surface area contributed by atoms with Crippen LogP contribution in [0.3, 0.4) is 0 Å². The van der Waals surface area contributed by atoms with Crippen molar-refractivity contribution in [2.24, 2.45) is 0 Å². The van der Waals surface area contributed by atoms with E-state index in [4.69, 9.17) is 9.72 Å². The molecule has 0 atom stereocenters. The van der Waals surface area contributed by atoms with E-state index in [1.807, 2.05) is 47.8 Å². The summed E-state index contributed by atoms with van der Waals surface area (Å²) in [6.07, 6.45) is 1.34. The summed E-state index contributed by atoms with van der Waals surface area (Å²) in [5.41, 5.74) is 1.44. The van der Waals surface area contributed by atoms with Crippen LogP contribution in [0.2, 0.25) is 0 Å². The highest BCUT2D eigenvalue weighted by Gasteiger charge is 2.63. The van der Waals surface area contributed by atoms with Crippen LogP contribution in [0.15, 0.2) is 47.8 Å². The van der Waals surface area contributed by atoms with Crippen LogP contribution < -0.4 is 5.32 Å². The lowest BCUT2D eigenvalue weighted by molar-refractivity contribution is -0.0494. The number of hydrogen-bond donors (Lipinski definition) is 2. The van der Waals surface area contributed by atoms with Gasteiger partial charge in [0.2, 0.25) is 0 Å². The number of carbonyl (C=O) groups excluding carboxylic acids is 1. The number of benzene rings is 1. The summed E-state index contributed by atoms with van der Waals surface area (Å²) in [7, 11) is 0. The topological polar surface area (TPSA) is 71.5 Å². The Morgan fingerprint density at radius 2 is 2.12 bits per heavy atom. The van der Waals surface area contributed by atoms with E-state index in [1.165, 1.54) is 0 Å². The van der Waals surface area contributed by atoms with Gasteiger partial charge < -0.3 is 15.2 Å². The number of thiophene rings is 1. The van der Waals surface area contributed by atoms with Crippen LogP contribution in [0.25, 0.3) is 21.5 Å². The van der Waals surface area contributed by atoms with Crippen molar-refractivity contribution in [3.8, 4) is 10.6 Å². The molecule has 2 saturated heterocycles. The maximum Gasteiger partial charge on any atom is 0.252 e. The Morgan fingerprint density at radius 1 is 1.27 bits per heavy atom. The lowest BCUT2D eigenvalue weighted by atomic mass is 9.68. The molecule has 5 nitrogen and oxygen atoms in total. The van der Waals surface area contributed by atoms with Gasteiger partial charge in [0, 0.05) is 18.2 Å². The average molecular weight is 366 g/mol. The number of pyridine rings is 1. The number of aliphatic hydroxyl groups is 1. The van der Waals surface area contributed by atoms with Crippen LogP contribution >= 0.6 is 11.3 Å². The lowest BCUT2D eigenvalue weighted by Gasteiger charge is -2.43. The molecule has 0 unspecified atom stereocenters. The molecule has 6 rings (SSSR count). The summed E-state index contributed by atoms with van der Waals surface area (Å²) >= 11 is 1.61. The summed E-state index contributed by atoms with van der Waals surface area (Å²) in [5, 5.41) is 15.5. The number of nitrogens with zero attached hydrogens (tertiary/aromatic N) is 1. The fraction of sp³-hybridized carbons (Fsp3) is 0.300. The normalized spacial score (nSPS) is 26.7. The number of carbonyl (C=O) groups is 1. The Kier molecular flexibility index (Phi) is 3.44. The fourth-order valence-electron chi connectivity index (χ4n) is 4.18. The maximum atomic E-state index is 13.1. The van der Waals surface area contributed by atoms with Crippen molar-refractivity contribution in [1.82, 2.24) is 10.3 Å². The molecular weight excluding hydrogens is 348 g/mol. The molecule has 2 N–H and O–H groups in total. The summed E-state index contributed by atoms with van der Waals surface area (Å²) < 4.78 is 5.70. The number of aromatic nitrogens is 1. The number of fused-ring (bicyclic) bond motifs is 2. The molecule has 6 heteroatoms. The van der Waals surface area contributed by atoms with Crippen LogP contribution in [0, 0.1) is 0 Å². The smallest absolute Gasteiger partial charge is 0.252 e. The molecule has 1 amide bonds. The van der Waals surface area contributed by atoms with Crippen molar-refractivity contribution in [2.45, 2.75) is 24.0 Å². The van der Waals surface area contributed by atoms with Gasteiger partial charge in [0.25, 0.3) is 5.91 Å². The molecule has 132 valence electrons. The highest BCUT2D eigenvalue weighted by molar-refractivity contribution is 7.13. The number of hydrogen-bond acceptors (Lipinski definition) is 5. The predicted molar refractivity (Wildman–Crippen MR) is 100 cm³/mol. The Bertz CT molecular complexity index is 993. The molecule has 2 bridgehead atoms. The second-order valence-electron chi connectivity index (χ2n) is 7.27. The summed E-state index contributed by atoms with van der Waals surface area (Å²) in [6.45, 7) is 0.464. The number of amides is 1. The van der Waals surface area contributed by atoms with Gasteiger partial charge in [-0.1, -0.05) is 24.3 Å². The van der Waals surface area contributed by atoms with Gasteiger partial charge in [0.15, 0.2) is 0 Å². The van der Waals surface area contributed by atoms with E-state index in [0.29, 0.717) is 25.0 Å². The van der Waals surface area contributed by atoms with E-state index >= 15 is 0 Å². The van der Waals surface area contributed by atoms with E-state index in [9.17, 15) is 9.90 Å². The Morgan fingerprint density at radius 3 is 2.85 bits per heavy atom. The van der Waals surface area contributed by atoms with E-state index in [2.05, 4.69) is 5.32 Å². The highest BCUT2D eigenvalue weighted by atomic mass is 32.1. The minimum atomic E-state index is -0.449. The van der Waals surface area contributed by atoms with Crippen LogP contribution in [0.4, 0.5) is 0 Å². The molecule has 2 aliphatic heterocycles. The summed E-state index contributed by atoms with van der Waals surface area (Å²) in [6, 6.07) is 13.6. The van der Waals surface area contributed by atoms with Crippen molar-refractivity contribution in [2.75, 3.05) is 13.2 Å². The summed E-state index contributed by atoms with van der Waals surface area (Å²) in [5.74, 6) is -0.113. The molecule has 1 saturated carbocycles. The predicted octanol–water partition coefficient (Wildman–Crippen LogP) is 2.99. The van der Waals surface area contributed by atoms with Gasteiger partial charge in [-0.2, -0.15) is 0 Å². The molecule has 26 heavy (non-hydrogen) atoms. The molecule has 0 spiro atoms. The number of para-hydroxylation sites is 1. The molecule has 2 aromatic heterocycles. The minimum absolute atomic E-state index is 0.00529. The second-order valence-corrected chi connectivity index (χ2v) is 8.22. The van der Waals surface area contributed by atoms with E-state index < -0.39 is 5.60 Å². The number of rotatable bonds is 4. The Hall–Kier alpha value is -2.28. The van der Waals surface area contributed by atoms with E-state index in [0.717, 1.165) is 21.5 Å². The Labute approximate surface area is 154 Å². The minimum Gasteiger partial charge on any atom is -0.393 e. The zero-order chi connectivity index (χ0) is 17.8. The third kappa shape index (κ3) is 2.37. The van der Waals surface area contributed by atoms with Crippen molar-refractivity contribution in [3.63, 3.8) is 0 Å². The van der Waals surface area contributed by atoms with Gasteiger partial charge in [0.1, 0.15) is 0 Å². The van der Waals surface area contributed by atoms with Crippen molar-refractivity contribution in [3.05, 3.63) is 53.4 Å². The average Bonchev–Trinajstić information content (AvgIpc) is 3.36. The molecule has 3 aromatic rings. The third-order valence-electron chi connectivity index (χ3n) is 5.38. The monoisotopic (exact) mass is 366 g/mol. The summed E-state index contributed by atoms with van der Waals surface area (Å²) in [4.78, 5) is 18.9. The first kappa shape index (κ1) is 15.9. The maximum absolute atomic E-state index is 13.1. The highest BCUT2D eigenvalue weighted by Crippen LogP contribution is 2.51. The van der Waals surface area contributed by atoms with Crippen molar-refractivity contribution < 1.29 is 14.6 Å². The molecular formula is C20H18N2O3S. The van der Waals surface area contributed by atoms with Crippen LogP contribution in [-0.4, -0.2) is 40.4 Å². The van der Waals surface area contributed by atoms with E-state index in [-0.39, 0.29) is 18.1 Å². The van der Waals surface area contributed by atoms with Crippen molar-refractivity contribution >= 4 is 28.1 Å². The standard InChI is InChI=1S/C20H18N2O3S/c23-11-20-9-19(10-20,12-25-20)22-18(24)14-8-16(17-6-3-7-26-17)21-15-5-2-1-4-13(14)15/h1-8,23H,9-12H2,(H,22,24). The van der Waals surface area contributed by atoms with Gasteiger partial charge in [-0.25, -0.2) is 4.98 Å². The quantitative estimate of drug-likeness (QED) is 0.745. The molecule has 1 aromatic carbocycles. The first-order valence-corrected chi connectivity index (χ1v) is 9.51. The zero-order valence-electron chi connectivity index (χ0n) is 14.1. The molecule has 3 aliphatic rings. The zero-order valence-corrected chi connectivity index (χ0v) is 14.9. The third-order valence-corrected chi connectivity index (χ3v) is 6.27.